The summed E-state index contributed by atoms with van der Waals surface area (Å²) in [5.74, 6) is -0.147. The molecule has 4 heteroatoms. The third kappa shape index (κ3) is 2.84. The number of hydrogen-bond acceptors (Lipinski definition) is 2. The molecule has 104 valence electrons. The second-order valence-corrected chi connectivity index (χ2v) is 4.79. The molecule has 0 aliphatic heterocycles. The summed E-state index contributed by atoms with van der Waals surface area (Å²) in [5.41, 5.74) is 3.22. The van der Waals surface area contributed by atoms with E-state index in [4.69, 9.17) is 0 Å². The number of carbonyl (C=O) groups is 1. The van der Waals surface area contributed by atoms with Gasteiger partial charge in [-0.25, -0.2) is 4.68 Å². The maximum absolute atomic E-state index is 12.5. The van der Waals surface area contributed by atoms with Gasteiger partial charge in [-0.3, -0.25) is 4.79 Å². The summed E-state index contributed by atoms with van der Waals surface area (Å²) < 4.78 is 1.70. The molecule has 1 heterocycles. The Kier molecular flexibility index (Phi) is 3.51. The minimum absolute atomic E-state index is 0.147. The smallest absolute Gasteiger partial charge is 0.257 e. The van der Waals surface area contributed by atoms with Crippen molar-refractivity contribution < 1.29 is 4.79 Å². The van der Waals surface area contributed by atoms with Gasteiger partial charge < -0.3 is 5.32 Å². The van der Waals surface area contributed by atoms with E-state index in [2.05, 4.69) is 10.4 Å². The highest BCUT2D eigenvalue weighted by Gasteiger charge is 2.13. The summed E-state index contributed by atoms with van der Waals surface area (Å²) in [6.45, 7) is 1.99. The Labute approximate surface area is 123 Å². The number of benzene rings is 2. The van der Waals surface area contributed by atoms with Crippen LogP contribution >= 0.6 is 0 Å². The topological polar surface area (TPSA) is 46.9 Å². The Morgan fingerprint density at radius 3 is 2.62 bits per heavy atom. The maximum atomic E-state index is 12.5. The van der Waals surface area contributed by atoms with Crippen molar-refractivity contribution in [3.05, 3.63) is 78.1 Å². The van der Waals surface area contributed by atoms with Crippen molar-refractivity contribution >= 4 is 11.6 Å². The molecular weight excluding hydrogens is 262 g/mol. The van der Waals surface area contributed by atoms with Crippen molar-refractivity contribution in [2.24, 2.45) is 0 Å². The highest BCUT2D eigenvalue weighted by Crippen LogP contribution is 2.18. The number of carbonyl (C=O) groups excluding carboxylic acids is 1. The van der Waals surface area contributed by atoms with Crippen molar-refractivity contribution in [1.29, 1.82) is 0 Å². The average molecular weight is 277 g/mol. The number of hydrogen-bond donors (Lipinski definition) is 1. The molecule has 0 radical (unpaired) electrons. The van der Waals surface area contributed by atoms with Gasteiger partial charge in [-0.05, 0) is 42.8 Å². The van der Waals surface area contributed by atoms with Gasteiger partial charge in [-0.15, -0.1) is 0 Å². The van der Waals surface area contributed by atoms with Crippen LogP contribution in [0.15, 0.2) is 67.0 Å². The summed E-state index contributed by atoms with van der Waals surface area (Å²) in [6, 6.07) is 16.9. The van der Waals surface area contributed by atoms with Gasteiger partial charge in [0.05, 0.1) is 11.3 Å². The molecule has 0 aliphatic rings. The number of aromatic nitrogens is 2. The van der Waals surface area contributed by atoms with Gasteiger partial charge in [0.25, 0.3) is 5.91 Å². The zero-order chi connectivity index (χ0) is 14.7. The summed E-state index contributed by atoms with van der Waals surface area (Å²) in [4.78, 5) is 12.5. The summed E-state index contributed by atoms with van der Waals surface area (Å²) in [7, 11) is 0. The molecule has 4 nitrogen and oxygen atoms in total. The number of rotatable bonds is 3. The Hall–Kier alpha value is -2.88. The van der Waals surface area contributed by atoms with Crippen LogP contribution in [-0.4, -0.2) is 15.7 Å². The van der Waals surface area contributed by atoms with E-state index in [0.717, 1.165) is 16.9 Å². The van der Waals surface area contributed by atoms with E-state index in [0.29, 0.717) is 5.56 Å². The lowest BCUT2D eigenvalue weighted by Crippen LogP contribution is -2.15. The number of amides is 1. The zero-order valence-corrected chi connectivity index (χ0v) is 11.7. The van der Waals surface area contributed by atoms with E-state index in [1.54, 1.807) is 10.9 Å². The number of aryl methyl sites for hydroxylation is 1. The largest absolute Gasteiger partial charge is 0.322 e. The lowest BCUT2D eigenvalue weighted by atomic mass is 10.1. The SMILES string of the molecule is Cc1ccc(C(=O)Nc2ccccc2)c(-n2cccn2)c1. The van der Waals surface area contributed by atoms with Crippen LogP contribution in [0.2, 0.25) is 0 Å². The first-order valence-electron chi connectivity index (χ1n) is 6.71. The van der Waals surface area contributed by atoms with E-state index in [-0.39, 0.29) is 5.91 Å². The Morgan fingerprint density at radius 2 is 1.90 bits per heavy atom. The molecule has 0 aliphatic carbocycles. The predicted molar refractivity (Wildman–Crippen MR) is 82.7 cm³/mol. The van der Waals surface area contributed by atoms with E-state index >= 15 is 0 Å². The monoisotopic (exact) mass is 277 g/mol. The fourth-order valence-electron chi connectivity index (χ4n) is 2.15. The Balaban J connectivity index is 1.97. The third-order valence-corrected chi connectivity index (χ3v) is 3.18. The molecule has 1 aromatic heterocycles. The fourth-order valence-corrected chi connectivity index (χ4v) is 2.15. The van der Waals surface area contributed by atoms with Crippen molar-refractivity contribution in [3.8, 4) is 5.69 Å². The fraction of sp³-hybridized carbons (Fsp3) is 0.0588. The van der Waals surface area contributed by atoms with Crippen LogP contribution in [-0.2, 0) is 0 Å². The first kappa shape index (κ1) is 13.1. The molecule has 3 rings (SSSR count). The minimum Gasteiger partial charge on any atom is -0.322 e. The predicted octanol–water partition coefficient (Wildman–Crippen LogP) is 3.43. The number of para-hydroxylation sites is 1. The highest BCUT2D eigenvalue weighted by molar-refractivity contribution is 6.06. The van der Waals surface area contributed by atoms with Crippen molar-refractivity contribution in [2.75, 3.05) is 5.32 Å². The molecule has 0 fully saturated rings. The van der Waals surface area contributed by atoms with Gasteiger partial charge in [0.15, 0.2) is 0 Å². The zero-order valence-electron chi connectivity index (χ0n) is 11.7. The number of nitrogens with zero attached hydrogens (tertiary/aromatic N) is 2. The second kappa shape index (κ2) is 5.63. The molecule has 1 N–H and O–H groups in total. The van der Waals surface area contributed by atoms with E-state index in [1.165, 1.54) is 0 Å². The molecule has 0 saturated heterocycles. The second-order valence-electron chi connectivity index (χ2n) is 4.79. The minimum atomic E-state index is -0.147. The van der Waals surface area contributed by atoms with Crippen LogP contribution in [0.5, 0.6) is 0 Å². The van der Waals surface area contributed by atoms with Crippen molar-refractivity contribution in [1.82, 2.24) is 9.78 Å². The summed E-state index contributed by atoms with van der Waals surface area (Å²) in [6.07, 6.45) is 3.52. The molecule has 2 aromatic carbocycles. The van der Waals surface area contributed by atoms with E-state index in [9.17, 15) is 4.79 Å². The van der Waals surface area contributed by atoms with Gasteiger partial charge in [0.1, 0.15) is 0 Å². The van der Waals surface area contributed by atoms with Crippen LogP contribution in [0.4, 0.5) is 5.69 Å². The standard InChI is InChI=1S/C17H15N3O/c1-13-8-9-15(16(12-13)20-11-5-10-18-20)17(21)19-14-6-3-2-4-7-14/h2-12H,1H3,(H,19,21). The quantitative estimate of drug-likeness (QED) is 0.797. The molecule has 1 amide bonds. The molecular formula is C17H15N3O. The van der Waals surface area contributed by atoms with Crippen molar-refractivity contribution in [2.45, 2.75) is 6.92 Å². The summed E-state index contributed by atoms with van der Waals surface area (Å²) >= 11 is 0. The number of anilines is 1. The molecule has 3 aromatic rings. The first-order chi connectivity index (χ1) is 10.2. The lowest BCUT2D eigenvalue weighted by Gasteiger charge is -2.11. The van der Waals surface area contributed by atoms with Gasteiger partial charge in [0, 0.05) is 18.1 Å². The molecule has 21 heavy (non-hydrogen) atoms. The van der Waals surface area contributed by atoms with Gasteiger partial charge in [-0.1, -0.05) is 24.3 Å². The van der Waals surface area contributed by atoms with Gasteiger partial charge in [0.2, 0.25) is 0 Å². The molecule has 0 bridgehead atoms. The third-order valence-electron chi connectivity index (χ3n) is 3.18. The molecule has 0 unspecified atom stereocenters. The molecule has 0 atom stereocenters. The average Bonchev–Trinajstić information content (AvgIpc) is 3.02. The van der Waals surface area contributed by atoms with E-state index in [1.807, 2.05) is 67.7 Å². The van der Waals surface area contributed by atoms with Crippen LogP contribution in [0.1, 0.15) is 15.9 Å². The lowest BCUT2D eigenvalue weighted by molar-refractivity contribution is 0.102. The first-order valence-corrected chi connectivity index (χ1v) is 6.71. The Bertz CT molecular complexity index is 749. The van der Waals surface area contributed by atoms with Crippen LogP contribution in [0.3, 0.4) is 0 Å². The molecule has 0 spiro atoms. The van der Waals surface area contributed by atoms with Crippen LogP contribution in [0, 0.1) is 6.92 Å². The van der Waals surface area contributed by atoms with Crippen LogP contribution in [0.25, 0.3) is 5.69 Å². The Morgan fingerprint density at radius 1 is 1.10 bits per heavy atom. The molecule has 0 saturated carbocycles. The van der Waals surface area contributed by atoms with E-state index < -0.39 is 0 Å². The van der Waals surface area contributed by atoms with Gasteiger partial charge in [-0.2, -0.15) is 5.10 Å². The van der Waals surface area contributed by atoms with Gasteiger partial charge >= 0.3 is 0 Å². The summed E-state index contributed by atoms with van der Waals surface area (Å²) in [5, 5.41) is 7.11. The number of nitrogens with one attached hydrogen (secondary N) is 1. The normalized spacial score (nSPS) is 10.3. The highest BCUT2D eigenvalue weighted by atomic mass is 16.1. The van der Waals surface area contributed by atoms with Crippen LogP contribution < -0.4 is 5.32 Å². The van der Waals surface area contributed by atoms with Crippen molar-refractivity contribution in [3.63, 3.8) is 0 Å². The maximum Gasteiger partial charge on any atom is 0.257 e.